The zero-order valence-electron chi connectivity index (χ0n) is 10.3. The standard InChI is InChI=1S/C14H16ClNO2/c1-3-8-16(9-11(2)14(17)18)10-12-6-4-5-7-13(12)15/h1,4-7,11H,8-10H2,2H3,(H,17,18). The average molecular weight is 266 g/mol. The smallest absolute Gasteiger partial charge is 0.307 e. The molecule has 0 spiro atoms. The summed E-state index contributed by atoms with van der Waals surface area (Å²) in [5.74, 6) is 1.26. The lowest BCUT2D eigenvalue weighted by molar-refractivity contribution is -0.141. The van der Waals surface area contributed by atoms with E-state index < -0.39 is 11.9 Å². The molecule has 1 atom stereocenters. The van der Waals surface area contributed by atoms with Crippen LogP contribution in [0.2, 0.25) is 5.02 Å². The van der Waals surface area contributed by atoms with Crippen LogP contribution in [0, 0.1) is 18.3 Å². The third-order valence-electron chi connectivity index (χ3n) is 2.62. The summed E-state index contributed by atoms with van der Waals surface area (Å²) in [6.45, 7) is 3.04. The van der Waals surface area contributed by atoms with Crippen molar-refractivity contribution in [2.75, 3.05) is 13.1 Å². The normalized spacial score (nSPS) is 12.1. The first kappa shape index (κ1) is 14.6. The average Bonchev–Trinajstić information content (AvgIpc) is 2.32. The molecule has 1 N–H and O–H groups in total. The van der Waals surface area contributed by atoms with Crippen LogP contribution in [0.15, 0.2) is 24.3 Å². The van der Waals surface area contributed by atoms with Crippen molar-refractivity contribution in [1.29, 1.82) is 0 Å². The van der Waals surface area contributed by atoms with Crippen molar-refractivity contribution >= 4 is 17.6 Å². The number of hydrogen-bond donors (Lipinski definition) is 1. The maximum absolute atomic E-state index is 10.9. The summed E-state index contributed by atoms with van der Waals surface area (Å²) < 4.78 is 0. The lowest BCUT2D eigenvalue weighted by Gasteiger charge is -2.22. The predicted octanol–water partition coefficient (Wildman–Crippen LogP) is 2.50. The molecule has 96 valence electrons. The van der Waals surface area contributed by atoms with Gasteiger partial charge in [-0.25, -0.2) is 0 Å². The molecule has 0 amide bonds. The number of benzene rings is 1. The minimum Gasteiger partial charge on any atom is -0.481 e. The molecular weight excluding hydrogens is 250 g/mol. The Morgan fingerprint density at radius 1 is 1.56 bits per heavy atom. The summed E-state index contributed by atoms with van der Waals surface area (Å²) in [5, 5.41) is 9.58. The van der Waals surface area contributed by atoms with Gasteiger partial charge in [-0.05, 0) is 11.6 Å². The first-order valence-corrected chi connectivity index (χ1v) is 6.04. The Morgan fingerprint density at radius 2 is 2.22 bits per heavy atom. The van der Waals surface area contributed by atoms with Gasteiger partial charge in [-0.2, -0.15) is 0 Å². The second kappa shape index (κ2) is 7.05. The lowest BCUT2D eigenvalue weighted by Crippen LogP contribution is -2.31. The van der Waals surface area contributed by atoms with Gasteiger partial charge < -0.3 is 5.11 Å². The Morgan fingerprint density at radius 3 is 2.78 bits per heavy atom. The van der Waals surface area contributed by atoms with Crippen LogP contribution in [0.5, 0.6) is 0 Å². The summed E-state index contributed by atoms with van der Waals surface area (Å²) in [6, 6.07) is 7.48. The van der Waals surface area contributed by atoms with Gasteiger partial charge in [0.2, 0.25) is 0 Å². The number of carboxylic acid groups (broad SMARTS) is 1. The van der Waals surface area contributed by atoms with Crippen molar-refractivity contribution in [3.8, 4) is 12.3 Å². The second-order valence-corrected chi connectivity index (χ2v) is 4.61. The number of hydrogen-bond acceptors (Lipinski definition) is 2. The molecule has 3 nitrogen and oxygen atoms in total. The van der Waals surface area contributed by atoms with E-state index in [2.05, 4.69) is 5.92 Å². The van der Waals surface area contributed by atoms with Crippen LogP contribution >= 0.6 is 11.6 Å². The summed E-state index contributed by atoms with van der Waals surface area (Å²) in [7, 11) is 0. The highest BCUT2D eigenvalue weighted by atomic mass is 35.5. The van der Waals surface area contributed by atoms with E-state index in [1.54, 1.807) is 6.92 Å². The lowest BCUT2D eigenvalue weighted by atomic mass is 10.1. The van der Waals surface area contributed by atoms with Gasteiger partial charge in [0.15, 0.2) is 0 Å². The highest BCUT2D eigenvalue weighted by Gasteiger charge is 2.16. The van der Waals surface area contributed by atoms with Crippen LogP contribution < -0.4 is 0 Å². The molecule has 1 aromatic carbocycles. The fourth-order valence-electron chi connectivity index (χ4n) is 1.65. The SMILES string of the molecule is C#CCN(Cc1ccccc1Cl)CC(C)C(=O)O. The topological polar surface area (TPSA) is 40.5 Å². The van der Waals surface area contributed by atoms with E-state index in [-0.39, 0.29) is 0 Å². The van der Waals surface area contributed by atoms with Gasteiger partial charge in [-0.3, -0.25) is 9.69 Å². The molecule has 0 saturated carbocycles. The quantitative estimate of drug-likeness (QED) is 0.804. The van der Waals surface area contributed by atoms with E-state index in [4.69, 9.17) is 23.1 Å². The van der Waals surface area contributed by atoms with Crippen molar-refractivity contribution < 1.29 is 9.90 Å². The fourth-order valence-corrected chi connectivity index (χ4v) is 1.84. The Balaban J connectivity index is 2.72. The van der Waals surface area contributed by atoms with Gasteiger partial charge in [-0.1, -0.05) is 42.6 Å². The molecule has 0 fully saturated rings. The highest BCUT2D eigenvalue weighted by molar-refractivity contribution is 6.31. The maximum atomic E-state index is 10.9. The van der Waals surface area contributed by atoms with Crippen LogP contribution in [-0.2, 0) is 11.3 Å². The van der Waals surface area contributed by atoms with Gasteiger partial charge in [0, 0.05) is 18.1 Å². The molecule has 0 aliphatic carbocycles. The molecule has 0 bridgehead atoms. The van der Waals surface area contributed by atoms with Gasteiger partial charge in [-0.15, -0.1) is 6.42 Å². The number of rotatable bonds is 6. The Bertz CT molecular complexity index is 453. The van der Waals surface area contributed by atoms with E-state index in [9.17, 15) is 4.79 Å². The van der Waals surface area contributed by atoms with Crippen LogP contribution in [0.1, 0.15) is 12.5 Å². The number of terminal acetylenes is 1. The summed E-state index contributed by atoms with van der Waals surface area (Å²) >= 11 is 6.07. The molecule has 1 aromatic rings. The van der Waals surface area contributed by atoms with Crippen molar-refractivity contribution in [1.82, 2.24) is 4.90 Å². The summed E-state index contributed by atoms with van der Waals surface area (Å²) in [6.07, 6.45) is 5.30. The van der Waals surface area contributed by atoms with Crippen LogP contribution in [0.25, 0.3) is 0 Å². The molecule has 0 aliphatic heterocycles. The molecule has 0 aromatic heterocycles. The molecular formula is C14H16ClNO2. The van der Waals surface area contributed by atoms with E-state index in [0.29, 0.717) is 24.7 Å². The van der Waals surface area contributed by atoms with Crippen molar-refractivity contribution in [3.63, 3.8) is 0 Å². The summed E-state index contributed by atoms with van der Waals surface area (Å²) in [4.78, 5) is 12.8. The van der Waals surface area contributed by atoms with Crippen LogP contribution in [0.4, 0.5) is 0 Å². The van der Waals surface area contributed by atoms with Gasteiger partial charge in [0.1, 0.15) is 0 Å². The number of carbonyl (C=O) groups is 1. The molecule has 1 rings (SSSR count). The minimum atomic E-state index is -0.823. The zero-order valence-corrected chi connectivity index (χ0v) is 11.0. The number of nitrogens with zero attached hydrogens (tertiary/aromatic N) is 1. The third-order valence-corrected chi connectivity index (χ3v) is 2.99. The molecule has 0 saturated heterocycles. The molecule has 1 unspecified atom stereocenters. The second-order valence-electron chi connectivity index (χ2n) is 4.20. The summed E-state index contributed by atoms with van der Waals surface area (Å²) in [5.41, 5.74) is 0.951. The molecule has 0 heterocycles. The third kappa shape index (κ3) is 4.40. The van der Waals surface area contributed by atoms with E-state index in [1.807, 2.05) is 29.2 Å². The number of carboxylic acids is 1. The van der Waals surface area contributed by atoms with E-state index in [0.717, 1.165) is 5.56 Å². The fraction of sp³-hybridized carbons (Fsp3) is 0.357. The largest absolute Gasteiger partial charge is 0.481 e. The first-order chi connectivity index (χ1) is 8.54. The maximum Gasteiger partial charge on any atom is 0.307 e. The minimum absolute atomic E-state index is 0.406. The van der Waals surface area contributed by atoms with Crippen LogP contribution in [0.3, 0.4) is 0 Å². The Labute approximate surface area is 112 Å². The molecule has 0 radical (unpaired) electrons. The Kier molecular flexibility index (Phi) is 5.70. The molecule has 4 heteroatoms. The predicted molar refractivity (Wildman–Crippen MR) is 72.4 cm³/mol. The van der Waals surface area contributed by atoms with Gasteiger partial charge in [0.05, 0.1) is 12.5 Å². The molecule has 0 aliphatic rings. The van der Waals surface area contributed by atoms with E-state index in [1.165, 1.54) is 0 Å². The molecule has 18 heavy (non-hydrogen) atoms. The zero-order chi connectivity index (χ0) is 13.5. The Hall–Kier alpha value is -1.50. The van der Waals surface area contributed by atoms with Crippen molar-refractivity contribution in [3.05, 3.63) is 34.9 Å². The van der Waals surface area contributed by atoms with Crippen molar-refractivity contribution in [2.24, 2.45) is 5.92 Å². The number of halogens is 1. The van der Waals surface area contributed by atoms with Crippen LogP contribution in [-0.4, -0.2) is 29.1 Å². The van der Waals surface area contributed by atoms with E-state index >= 15 is 0 Å². The highest BCUT2D eigenvalue weighted by Crippen LogP contribution is 2.17. The van der Waals surface area contributed by atoms with Gasteiger partial charge in [0.25, 0.3) is 0 Å². The first-order valence-electron chi connectivity index (χ1n) is 5.66. The number of aliphatic carboxylic acids is 1. The van der Waals surface area contributed by atoms with Crippen molar-refractivity contribution in [2.45, 2.75) is 13.5 Å². The van der Waals surface area contributed by atoms with Gasteiger partial charge >= 0.3 is 5.97 Å². The monoisotopic (exact) mass is 265 g/mol.